The summed E-state index contributed by atoms with van der Waals surface area (Å²) < 4.78 is 5.30. The van der Waals surface area contributed by atoms with Crippen LogP contribution in [-0.2, 0) is 4.79 Å². The Labute approximate surface area is 93.9 Å². The molecule has 0 radical (unpaired) electrons. The minimum Gasteiger partial charge on any atom is -0.489 e. The van der Waals surface area contributed by atoms with Crippen LogP contribution in [0.1, 0.15) is 17.3 Å². The Morgan fingerprint density at radius 3 is 2.88 bits per heavy atom. The first-order chi connectivity index (χ1) is 7.67. The second-order valence-corrected chi connectivity index (χ2v) is 3.15. The van der Waals surface area contributed by atoms with Crippen molar-refractivity contribution in [1.29, 1.82) is 0 Å². The van der Waals surface area contributed by atoms with Gasteiger partial charge in [0.1, 0.15) is 12.4 Å². The minimum absolute atomic E-state index is 0.173. The normalized spacial score (nSPS) is 9.31. The lowest BCUT2D eigenvalue weighted by Crippen LogP contribution is -2.06. The van der Waals surface area contributed by atoms with Gasteiger partial charge in [-0.1, -0.05) is 12.7 Å². The molecule has 1 N–H and O–H groups in total. The molecule has 0 saturated heterocycles. The number of hydrogen-bond acceptors (Lipinski definition) is 3. The summed E-state index contributed by atoms with van der Waals surface area (Å²) in [5, 5.41) is 2.61. The molecule has 0 aliphatic rings. The molecule has 0 saturated carbocycles. The van der Waals surface area contributed by atoms with E-state index in [4.69, 9.17) is 4.74 Å². The van der Waals surface area contributed by atoms with Gasteiger partial charge in [-0.05, 0) is 12.1 Å². The fraction of sp³-hybridized carbons (Fsp3) is 0.167. The van der Waals surface area contributed by atoms with Crippen molar-refractivity contribution in [3.63, 3.8) is 0 Å². The van der Waals surface area contributed by atoms with E-state index in [1.807, 2.05) is 0 Å². The van der Waals surface area contributed by atoms with Crippen LogP contribution in [0.15, 0.2) is 30.9 Å². The Hall–Kier alpha value is -2.10. The fourth-order valence-corrected chi connectivity index (χ4v) is 1.19. The zero-order chi connectivity index (χ0) is 12.0. The molecule has 0 aromatic heterocycles. The number of amides is 1. The summed E-state index contributed by atoms with van der Waals surface area (Å²) in [6.07, 6.45) is 2.29. The predicted molar refractivity (Wildman–Crippen MR) is 61.8 cm³/mol. The first kappa shape index (κ1) is 12.0. The summed E-state index contributed by atoms with van der Waals surface area (Å²) in [7, 11) is 0. The number of anilines is 1. The minimum atomic E-state index is -0.173. The number of benzene rings is 1. The van der Waals surface area contributed by atoms with Crippen molar-refractivity contribution in [3.8, 4) is 5.75 Å². The standard InChI is InChI=1S/C12H13NO3/c1-3-6-16-12-7-11(13-9(2)15)5-4-10(12)8-14/h3-5,7-8H,1,6H2,2H3,(H,13,15). The number of ether oxygens (including phenoxy) is 1. The molecule has 4 nitrogen and oxygen atoms in total. The van der Waals surface area contributed by atoms with Gasteiger partial charge in [0.2, 0.25) is 5.91 Å². The maximum Gasteiger partial charge on any atom is 0.221 e. The summed E-state index contributed by atoms with van der Waals surface area (Å²) >= 11 is 0. The highest BCUT2D eigenvalue weighted by atomic mass is 16.5. The summed E-state index contributed by atoms with van der Waals surface area (Å²) in [4.78, 5) is 21.6. The number of carbonyl (C=O) groups is 2. The Bertz CT molecular complexity index is 413. The Kier molecular flexibility index (Phi) is 4.27. The second-order valence-electron chi connectivity index (χ2n) is 3.15. The molecule has 0 aliphatic heterocycles. The molecule has 0 aliphatic carbocycles. The highest BCUT2D eigenvalue weighted by Gasteiger charge is 2.04. The third-order valence-corrected chi connectivity index (χ3v) is 1.82. The third kappa shape index (κ3) is 3.24. The lowest BCUT2D eigenvalue weighted by Gasteiger charge is -2.08. The van der Waals surface area contributed by atoms with Crippen LogP contribution in [0.25, 0.3) is 0 Å². The van der Waals surface area contributed by atoms with Crippen LogP contribution in [-0.4, -0.2) is 18.8 Å². The highest BCUT2D eigenvalue weighted by molar-refractivity contribution is 5.90. The molecule has 1 rings (SSSR count). The average Bonchev–Trinajstić information content (AvgIpc) is 2.25. The van der Waals surface area contributed by atoms with Gasteiger partial charge in [-0.15, -0.1) is 0 Å². The van der Waals surface area contributed by atoms with E-state index < -0.39 is 0 Å². The molecule has 0 heterocycles. The second kappa shape index (κ2) is 5.70. The first-order valence-electron chi connectivity index (χ1n) is 4.78. The van der Waals surface area contributed by atoms with Gasteiger partial charge in [-0.25, -0.2) is 0 Å². The quantitative estimate of drug-likeness (QED) is 0.609. The monoisotopic (exact) mass is 219 g/mol. The van der Waals surface area contributed by atoms with Gasteiger partial charge in [0.15, 0.2) is 6.29 Å². The summed E-state index contributed by atoms with van der Waals surface area (Å²) in [5.74, 6) is 0.259. The van der Waals surface area contributed by atoms with Gasteiger partial charge >= 0.3 is 0 Å². The van der Waals surface area contributed by atoms with Gasteiger partial charge in [0.05, 0.1) is 5.56 Å². The molecule has 1 aromatic carbocycles. The Morgan fingerprint density at radius 2 is 2.31 bits per heavy atom. The Morgan fingerprint density at radius 1 is 1.56 bits per heavy atom. The van der Waals surface area contributed by atoms with E-state index in [9.17, 15) is 9.59 Å². The molecule has 4 heteroatoms. The van der Waals surface area contributed by atoms with Gasteiger partial charge in [0, 0.05) is 18.7 Å². The van der Waals surface area contributed by atoms with Crippen molar-refractivity contribution in [1.82, 2.24) is 0 Å². The topological polar surface area (TPSA) is 55.4 Å². The molecule has 0 atom stereocenters. The third-order valence-electron chi connectivity index (χ3n) is 1.82. The molecule has 1 aromatic rings. The average molecular weight is 219 g/mol. The molecule has 0 unspecified atom stereocenters. The first-order valence-corrected chi connectivity index (χ1v) is 4.78. The van der Waals surface area contributed by atoms with E-state index >= 15 is 0 Å². The Balaban J connectivity index is 2.95. The van der Waals surface area contributed by atoms with Crippen molar-refractivity contribution in [2.45, 2.75) is 6.92 Å². The zero-order valence-corrected chi connectivity index (χ0v) is 9.03. The van der Waals surface area contributed by atoms with E-state index in [1.54, 1.807) is 24.3 Å². The number of rotatable bonds is 5. The van der Waals surface area contributed by atoms with Crippen LogP contribution in [0.2, 0.25) is 0 Å². The lowest BCUT2D eigenvalue weighted by molar-refractivity contribution is -0.114. The van der Waals surface area contributed by atoms with Crippen molar-refractivity contribution >= 4 is 17.9 Å². The lowest BCUT2D eigenvalue weighted by atomic mass is 10.2. The van der Waals surface area contributed by atoms with E-state index in [-0.39, 0.29) is 5.91 Å². The molecule has 16 heavy (non-hydrogen) atoms. The predicted octanol–water partition coefficient (Wildman–Crippen LogP) is 2.02. The maximum absolute atomic E-state index is 10.9. The van der Waals surface area contributed by atoms with Gasteiger partial charge in [-0.3, -0.25) is 9.59 Å². The maximum atomic E-state index is 10.9. The van der Waals surface area contributed by atoms with E-state index in [2.05, 4.69) is 11.9 Å². The number of hydrogen-bond donors (Lipinski definition) is 1. The van der Waals surface area contributed by atoms with Crippen molar-refractivity contribution in [2.75, 3.05) is 11.9 Å². The van der Waals surface area contributed by atoms with Crippen LogP contribution in [0.4, 0.5) is 5.69 Å². The SMILES string of the molecule is C=CCOc1cc(NC(C)=O)ccc1C=O. The summed E-state index contributed by atoms with van der Waals surface area (Å²) in [5.41, 5.74) is 1.04. The zero-order valence-electron chi connectivity index (χ0n) is 9.03. The molecule has 0 spiro atoms. The molecule has 1 amide bonds. The van der Waals surface area contributed by atoms with Crippen molar-refractivity contribution in [2.24, 2.45) is 0 Å². The number of nitrogens with one attached hydrogen (secondary N) is 1. The van der Waals surface area contributed by atoms with Crippen molar-refractivity contribution in [3.05, 3.63) is 36.4 Å². The molecule has 0 fully saturated rings. The van der Waals surface area contributed by atoms with Gasteiger partial charge in [-0.2, -0.15) is 0 Å². The summed E-state index contributed by atoms with van der Waals surface area (Å²) in [6, 6.07) is 4.84. The fourth-order valence-electron chi connectivity index (χ4n) is 1.19. The van der Waals surface area contributed by atoms with E-state index in [1.165, 1.54) is 6.92 Å². The van der Waals surface area contributed by atoms with E-state index in [0.29, 0.717) is 29.9 Å². The van der Waals surface area contributed by atoms with Crippen LogP contribution in [0, 0.1) is 0 Å². The van der Waals surface area contributed by atoms with Crippen LogP contribution in [0.3, 0.4) is 0 Å². The molecular formula is C12H13NO3. The van der Waals surface area contributed by atoms with E-state index in [0.717, 1.165) is 0 Å². The smallest absolute Gasteiger partial charge is 0.221 e. The van der Waals surface area contributed by atoms with Gasteiger partial charge in [0.25, 0.3) is 0 Å². The number of carbonyl (C=O) groups excluding carboxylic acids is 2. The van der Waals surface area contributed by atoms with Crippen molar-refractivity contribution < 1.29 is 14.3 Å². The molecule has 84 valence electrons. The van der Waals surface area contributed by atoms with Crippen LogP contribution in [0.5, 0.6) is 5.75 Å². The van der Waals surface area contributed by atoms with Crippen LogP contribution < -0.4 is 10.1 Å². The molecular weight excluding hydrogens is 206 g/mol. The van der Waals surface area contributed by atoms with Crippen LogP contribution >= 0.6 is 0 Å². The summed E-state index contributed by atoms with van der Waals surface area (Å²) in [6.45, 7) is 5.24. The highest BCUT2D eigenvalue weighted by Crippen LogP contribution is 2.22. The number of aldehydes is 1. The largest absolute Gasteiger partial charge is 0.489 e. The molecule has 0 bridgehead atoms. The van der Waals surface area contributed by atoms with Gasteiger partial charge < -0.3 is 10.1 Å².